The summed E-state index contributed by atoms with van der Waals surface area (Å²) in [5, 5.41) is 8.95. The van der Waals surface area contributed by atoms with Crippen LogP contribution in [0.3, 0.4) is 0 Å². The van der Waals surface area contributed by atoms with Gasteiger partial charge in [-0.05, 0) is 31.4 Å². The molecule has 0 bridgehead atoms. The highest BCUT2D eigenvalue weighted by Crippen LogP contribution is 2.33. The Labute approximate surface area is 128 Å². The van der Waals surface area contributed by atoms with Crippen molar-refractivity contribution in [3.8, 4) is 5.75 Å². The van der Waals surface area contributed by atoms with Gasteiger partial charge in [-0.2, -0.15) is 0 Å². The first kappa shape index (κ1) is 16.1. The van der Waals surface area contributed by atoms with Crippen LogP contribution in [0.5, 0.6) is 5.75 Å². The lowest BCUT2D eigenvalue weighted by atomic mass is 9.97. The van der Waals surface area contributed by atoms with Crippen molar-refractivity contribution in [1.82, 2.24) is 0 Å². The van der Waals surface area contributed by atoms with E-state index in [0.29, 0.717) is 19.3 Å². The second-order valence-corrected chi connectivity index (χ2v) is 8.01. The van der Waals surface area contributed by atoms with Crippen LogP contribution >= 0.6 is 11.6 Å². The van der Waals surface area contributed by atoms with Gasteiger partial charge in [0.15, 0.2) is 5.75 Å². The minimum Gasteiger partial charge on any atom is -0.488 e. The molecule has 0 amide bonds. The van der Waals surface area contributed by atoms with Crippen LogP contribution in [0.15, 0.2) is 18.2 Å². The minimum atomic E-state index is -3.12. The first-order chi connectivity index (χ1) is 9.79. The summed E-state index contributed by atoms with van der Waals surface area (Å²) in [4.78, 5) is 11.2. The highest BCUT2D eigenvalue weighted by molar-refractivity contribution is 7.91. The second-order valence-electron chi connectivity index (χ2n) is 5.28. The average molecular weight is 333 g/mol. The molecular weight excluding hydrogens is 316 g/mol. The number of rotatable bonds is 4. The fourth-order valence-electron chi connectivity index (χ4n) is 2.56. The third-order valence-corrected chi connectivity index (χ3v) is 5.60. The largest absolute Gasteiger partial charge is 0.488 e. The summed E-state index contributed by atoms with van der Waals surface area (Å²) >= 11 is 6.01. The van der Waals surface area contributed by atoms with Crippen molar-refractivity contribution in [2.75, 3.05) is 6.26 Å². The predicted molar refractivity (Wildman–Crippen MR) is 79.9 cm³/mol. The van der Waals surface area contributed by atoms with Crippen molar-refractivity contribution in [2.45, 2.75) is 37.0 Å². The Morgan fingerprint density at radius 3 is 2.71 bits per heavy atom. The second kappa shape index (κ2) is 6.23. The van der Waals surface area contributed by atoms with Crippen molar-refractivity contribution in [1.29, 1.82) is 0 Å². The van der Waals surface area contributed by atoms with Gasteiger partial charge in [-0.15, -0.1) is 0 Å². The Bertz CT molecular complexity index is 641. The van der Waals surface area contributed by atoms with Gasteiger partial charge < -0.3 is 9.84 Å². The van der Waals surface area contributed by atoms with Crippen LogP contribution in [0, 0.1) is 0 Å². The third-order valence-electron chi connectivity index (χ3n) is 3.67. The Hall–Kier alpha value is -1.27. The van der Waals surface area contributed by atoms with Crippen LogP contribution in [0.25, 0.3) is 0 Å². The smallest absolute Gasteiger partial charge is 0.339 e. The molecule has 0 aliphatic heterocycles. The van der Waals surface area contributed by atoms with E-state index in [4.69, 9.17) is 21.4 Å². The Morgan fingerprint density at radius 2 is 2.10 bits per heavy atom. The van der Waals surface area contributed by atoms with E-state index in [1.807, 2.05) is 0 Å². The van der Waals surface area contributed by atoms with E-state index < -0.39 is 21.1 Å². The zero-order valence-electron chi connectivity index (χ0n) is 11.6. The van der Waals surface area contributed by atoms with Crippen LogP contribution in [-0.2, 0) is 9.84 Å². The zero-order valence-corrected chi connectivity index (χ0v) is 13.2. The van der Waals surface area contributed by atoms with Crippen LogP contribution < -0.4 is 4.74 Å². The van der Waals surface area contributed by atoms with E-state index in [0.717, 1.165) is 6.42 Å². The van der Waals surface area contributed by atoms with E-state index >= 15 is 0 Å². The minimum absolute atomic E-state index is 0.0102. The molecule has 1 saturated carbocycles. The monoisotopic (exact) mass is 332 g/mol. The maximum Gasteiger partial charge on any atom is 0.339 e. The molecule has 0 radical (unpaired) electrons. The number of hydrogen-bond donors (Lipinski definition) is 1. The number of carbonyl (C=O) groups is 1. The van der Waals surface area contributed by atoms with Crippen LogP contribution in [-0.4, -0.2) is 37.1 Å². The topological polar surface area (TPSA) is 80.7 Å². The highest BCUT2D eigenvalue weighted by atomic mass is 35.5. The van der Waals surface area contributed by atoms with Gasteiger partial charge in [0.25, 0.3) is 0 Å². The molecule has 5 nitrogen and oxygen atoms in total. The molecule has 2 unspecified atom stereocenters. The molecule has 0 aromatic heterocycles. The highest BCUT2D eigenvalue weighted by Gasteiger charge is 2.31. The van der Waals surface area contributed by atoms with Gasteiger partial charge in [0.05, 0.1) is 10.3 Å². The number of halogens is 1. The lowest BCUT2D eigenvalue weighted by Gasteiger charge is -2.29. The van der Waals surface area contributed by atoms with E-state index in [1.165, 1.54) is 12.3 Å². The lowest BCUT2D eigenvalue weighted by Crippen LogP contribution is -2.33. The van der Waals surface area contributed by atoms with Crippen LogP contribution in [0.2, 0.25) is 5.02 Å². The summed E-state index contributed by atoms with van der Waals surface area (Å²) in [6.45, 7) is 0. The van der Waals surface area contributed by atoms with Crippen LogP contribution in [0.4, 0.5) is 0 Å². The molecule has 1 aliphatic rings. The molecule has 1 aromatic carbocycles. The fourth-order valence-corrected chi connectivity index (χ4v) is 3.94. The van der Waals surface area contributed by atoms with Crippen molar-refractivity contribution in [2.24, 2.45) is 0 Å². The van der Waals surface area contributed by atoms with E-state index in [-0.39, 0.29) is 22.4 Å². The lowest BCUT2D eigenvalue weighted by molar-refractivity contribution is 0.0686. The van der Waals surface area contributed by atoms with Gasteiger partial charge in [-0.3, -0.25) is 0 Å². The maximum absolute atomic E-state index is 11.7. The molecule has 21 heavy (non-hydrogen) atoms. The summed E-state index contributed by atoms with van der Waals surface area (Å²) in [5.41, 5.74) is -0.0102. The van der Waals surface area contributed by atoms with E-state index in [9.17, 15) is 13.2 Å². The number of carboxylic acids is 1. The van der Waals surface area contributed by atoms with Gasteiger partial charge in [0.1, 0.15) is 21.5 Å². The molecule has 0 saturated heterocycles. The quantitative estimate of drug-likeness (QED) is 0.917. The number of benzene rings is 1. The normalized spacial score (nSPS) is 22.8. The van der Waals surface area contributed by atoms with Crippen molar-refractivity contribution < 1.29 is 23.1 Å². The summed E-state index contributed by atoms with van der Waals surface area (Å²) in [6.07, 6.45) is 3.29. The Kier molecular flexibility index (Phi) is 4.78. The Morgan fingerprint density at radius 1 is 1.38 bits per heavy atom. The van der Waals surface area contributed by atoms with Gasteiger partial charge >= 0.3 is 5.97 Å². The molecule has 116 valence electrons. The molecule has 1 N–H and O–H groups in total. The molecule has 0 heterocycles. The summed E-state index contributed by atoms with van der Waals surface area (Å²) in [5.74, 6) is -1.01. The number of sulfone groups is 1. The first-order valence-corrected chi connectivity index (χ1v) is 8.99. The van der Waals surface area contributed by atoms with E-state index in [1.54, 1.807) is 12.1 Å². The molecule has 1 aliphatic carbocycles. The van der Waals surface area contributed by atoms with Crippen molar-refractivity contribution in [3.63, 3.8) is 0 Å². The number of hydrogen-bond acceptors (Lipinski definition) is 4. The summed E-state index contributed by atoms with van der Waals surface area (Å²) in [7, 11) is -3.12. The maximum atomic E-state index is 11.7. The molecule has 0 spiro atoms. The number of ether oxygens (including phenoxy) is 1. The summed E-state index contributed by atoms with van der Waals surface area (Å²) in [6, 6.07) is 4.51. The fraction of sp³-hybridized carbons (Fsp3) is 0.500. The van der Waals surface area contributed by atoms with Gasteiger partial charge in [-0.25, -0.2) is 13.2 Å². The average Bonchev–Trinajstić information content (AvgIpc) is 2.40. The summed E-state index contributed by atoms with van der Waals surface area (Å²) < 4.78 is 29.0. The molecule has 2 rings (SSSR count). The van der Waals surface area contributed by atoms with Crippen molar-refractivity contribution in [3.05, 3.63) is 28.8 Å². The van der Waals surface area contributed by atoms with Gasteiger partial charge in [0, 0.05) is 12.7 Å². The van der Waals surface area contributed by atoms with Gasteiger partial charge in [-0.1, -0.05) is 17.7 Å². The SMILES string of the molecule is CS(=O)(=O)C1CCCC(Oc2c(Cl)cccc2C(=O)O)C1. The van der Waals surface area contributed by atoms with Crippen molar-refractivity contribution >= 4 is 27.4 Å². The molecule has 2 atom stereocenters. The molecule has 1 fully saturated rings. The standard InChI is InChI=1S/C14H17ClO5S/c1-21(18,19)10-5-2-4-9(8-10)20-13-11(14(16)17)6-3-7-12(13)15/h3,6-7,9-10H,2,4-5,8H2,1H3,(H,16,17). The zero-order chi connectivity index (χ0) is 15.6. The molecular formula is C14H17ClO5S. The number of para-hydroxylation sites is 1. The van der Waals surface area contributed by atoms with Gasteiger partial charge in [0.2, 0.25) is 0 Å². The number of aromatic carboxylic acids is 1. The number of carboxylic acid groups (broad SMARTS) is 1. The van der Waals surface area contributed by atoms with E-state index in [2.05, 4.69) is 0 Å². The molecule has 1 aromatic rings. The first-order valence-electron chi connectivity index (χ1n) is 6.66. The predicted octanol–water partition coefficient (Wildman–Crippen LogP) is 2.77. The third kappa shape index (κ3) is 3.89. The van der Waals surface area contributed by atoms with Crippen LogP contribution in [0.1, 0.15) is 36.0 Å². The Balaban J connectivity index is 2.21. The molecule has 7 heteroatoms.